The third-order valence-electron chi connectivity index (χ3n) is 3.58. The van der Waals surface area contributed by atoms with Crippen molar-refractivity contribution in [3.63, 3.8) is 0 Å². The number of aryl methyl sites for hydroxylation is 2. The Morgan fingerprint density at radius 2 is 1.80 bits per heavy atom. The third-order valence-corrected chi connectivity index (χ3v) is 3.58. The summed E-state index contributed by atoms with van der Waals surface area (Å²) in [5.41, 5.74) is 4.94. The average Bonchev–Trinajstić information content (AvgIpc) is 2.48. The molecule has 0 spiro atoms. The van der Waals surface area contributed by atoms with Crippen molar-refractivity contribution in [1.82, 2.24) is 0 Å². The van der Waals surface area contributed by atoms with Crippen molar-refractivity contribution < 1.29 is 4.79 Å². The largest absolute Gasteiger partial charge is 0.388 e. The topological polar surface area (TPSA) is 32.3 Å². The van der Waals surface area contributed by atoms with Crippen LogP contribution in [0.15, 0.2) is 42.5 Å². The van der Waals surface area contributed by atoms with Gasteiger partial charge in [-0.1, -0.05) is 12.1 Å². The molecule has 3 nitrogen and oxygen atoms in total. The molecule has 0 saturated carbocycles. The van der Waals surface area contributed by atoms with Crippen LogP contribution < -0.4 is 10.2 Å². The van der Waals surface area contributed by atoms with E-state index in [4.69, 9.17) is 0 Å². The number of nitrogens with zero attached hydrogens (tertiary/aromatic N) is 1. The van der Waals surface area contributed by atoms with Gasteiger partial charge in [0.25, 0.3) is 5.91 Å². The molecule has 0 aromatic heterocycles. The molecule has 0 atom stereocenters. The van der Waals surface area contributed by atoms with Crippen LogP contribution in [-0.4, -0.2) is 20.0 Å². The summed E-state index contributed by atoms with van der Waals surface area (Å²) in [6.07, 6.45) is 0. The standard InChI is InChI=1S/C17H20N2O/c1-12-8-9-16(10-13(12)2)19(4)17(20)14-6-5-7-15(11-14)18-3/h5-11,18H,1-4H3. The summed E-state index contributed by atoms with van der Waals surface area (Å²) in [6.45, 7) is 4.12. The molecule has 0 radical (unpaired) electrons. The van der Waals surface area contributed by atoms with E-state index in [1.165, 1.54) is 11.1 Å². The summed E-state index contributed by atoms with van der Waals surface area (Å²) < 4.78 is 0. The van der Waals surface area contributed by atoms with Crippen LogP contribution in [0.5, 0.6) is 0 Å². The van der Waals surface area contributed by atoms with Crippen molar-refractivity contribution in [2.75, 3.05) is 24.3 Å². The molecule has 0 aliphatic rings. The van der Waals surface area contributed by atoms with Crippen LogP contribution in [0.3, 0.4) is 0 Å². The maximum Gasteiger partial charge on any atom is 0.258 e. The molecule has 0 unspecified atom stereocenters. The zero-order valence-electron chi connectivity index (χ0n) is 12.4. The molecule has 3 heteroatoms. The molecule has 0 aliphatic carbocycles. The van der Waals surface area contributed by atoms with Gasteiger partial charge in [-0.05, 0) is 55.3 Å². The highest BCUT2D eigenvalue weighted by molar-refractivity contribution is 6.06. The van der Waals surface area contributed by atoms with Crippen LogP contribution in [0.25, 0.3) is 0 Å². The molecule has 2 aromatic carbocycles. The highest BCUT2D eigenvalue weighted by atomic mass is 16.2. The van der Waals surface area contributed by atoms with Gasteiger partial charge >= 0.3 is 0 Å². The van der Waals surface area contributed by atoms with Gasteiger partial charge in [-0.2, -0.15) is 0 Å². The van der Waals surface area contributed by atoms with Crippen LogP contribution in [-0.2, 0) is 0 Å². The Bertz CT molecular complexity index is 635. The van der Waals surface area contributed by atoms with Gasteiger partial charge in [0.05, 0.1) is 0 Å². The number of rotatable bonds is 3. The number of anilines is 2. The van der Waals surface area contributed by atoms with E-state index in [1.807, 2.05) is 49.5 Å². The molecule has 1 amide bonds. The van der Waals surface area contributed by atoms with Gasteiger partial charge in [-0.3, -0.25) is 4.79 Å². The Morgan fingerprint density at radius 3 is 2.45 bits per heavy atom. The predicted octanol–water partition coefficient (Wildman–Crippen LogP) is 3.62. The average molecular weight is 268 g/mol. The second-order valence-corrected chi connectivity index (χ2v) is 4.96. The number of carbonyl (C=O) groups excluding carboxylic acids is 1. The summed E-state index contributed by atoms with van der Waals surface area (Å²) in [7, 11) is 3.65. The molecule has 1 N–H and O–H groups in total. The SMILES string of the molecule is CNc1cccc(C(=O)N(C)c2ccc(C)c(C)c2)c1. The van der Waals surface area contributed by atoms with E-state index in [-0.39, 0.29) is 5.91 Å². The Morgan fingerprint density at radius 1 is 1.05 bits per heavy atom. The summed E-state index contributed by atoms with van der Waals surface area (Å²) in [5, 5.41) is 3.05. The first-order valence-corrected chi connectivity index (χ1v) is 6.66. The van der Waals surface area contributed by atoms with Crippen LogP contribution in [0.1, 0.15) is 21.5 Å². The fraction of sp³-hybridized carbons (Fsp3) is 0.235. The number of carbonyl (C=O) groups is 1. The van der Waals surface area contributed by atoms with Gasteiger partial charge in [0.15, 0.2) is 0 Å². The molecular formula is C17H20N2O. The third kappa shape index (κ3) is 2.82. The predicted molar refractivity (Wildman–Crippen MR) is 84.6 cm³/mol. The lowest BCUT2D eigenvalue weighted by Crippen LogP contribution is -2.26. The van der Waals surface area contributed by atoms with Gasteiger partial charge in [0, 0.05) is 31.0 Å². The first kappa shape index (κ1) is 14.1. The number of nitrogens with one attached hydrogen (secondary N) is 1. The second-order valence-electron chi connectivity index (χ2n) is 4.96. The van der Waals surface area contributed by atoms with Crippen LogP contribution in [0.2, 0.25) is 0 Å². The Kier molecular flexibility index (Phi) is 4.08. The van der Waals surface area contributed by atoms with Crippen LogP contribution in [0, 0.1) is 13.8 Å². The highest BCUT2D eigenvalue weighted by Crippen LogP contribution is 2.20. The van der Waals surface area contributed by atoms with Crippen molar-refractivity contribution in [2.24, 2.45) is 0 Å². The summed E-state index contributed by atoms with van der Waals surface area (Å²) in [5.74, 6) is -0.00893. The second kappa shape index (κ2) is 5.78. The van der Waals surface area contributed by atoms with Crippen molar-refractivity contribution in [2.45, 2.75) is 13.8 Å². The zero-order chi connectivity index (χ0) is 14.7. The van der Waals surface area contributed by atoms with E-state index >= 15 is 0 Å². The minimum Gasteiger partial charge on any atom is -0.388 e. The molecule has 104 valence electrons. The Hall–Kier alpha value is -2.29. The molecule has 0 heterocycles. The number of hydrogen-bond acceptors (Lipinski definition) is 2. The van der Waals surface area contributed by atoms with E-state index < -0.39 is 0 Å². The van der Waals surface area contributed by atoms with E-state index in [0.29, 0.717) is 5.56 Å². The molecule has 0 saturated heterocycles. The van der Waals surface area contributed by atoms with Gasteiger partial charge in [-0.25, -0.2) is 0 Å². The quantitative estimate of drug-likeness (QED) is 0.922. The molecule has 0 fully saturated rings. The highest BCUT2D eigenvalue weighted by Gasteiger charge is 2.14. The molecule has 2 rings (SSSR count). The van der Waals surface area contributed by atoms with E-state index in [9.17, 15) is 4.79 Å². The van der Waals surface area contributed by atoms with Crippen LogP contribution in [0.4, 0.5) is 11.4 Å². The Labute approximate surface area is 120 Å². The lowest BCUT2D eigenvalue weighted by molar-refractivity contribution is 0.0993. The minimum absolute atomic E-state index is 0.00893. The van der Waals surface area contributed by atoms with Gasteiger partial charge in [0.2, 0.25) is 0 Å². The minimum atomic E-state index is -0.00893. The monoisotopic (exact) mass is 268 g/mol. The smallest absolute Gasteiger partial charge is 0.258 e. The van der Waals surface area contributed by atoms with E-state index in [2.05, 4.69) is 19.2 Å². The molecule has 0 aliphatic heterocycles. The van der Waals surface area contributed by atoms with Gasteiger partial charge in [-0.15, -0.1) is 0 Å². The summed E-state index contributed by atoms with van der Waals surface area (Å²) in [4.78, 5) is 14.2. The first-order chi connectivity index (χ1) is 9.52. The lowest BCUT2D eigenvalue weighted by atomic mass is 10.1. The van der Waals surface area contributed by atoms with Crippen molar-refractivity contribution in [1.29, 1.82) is 0 Å². The maximum absolute atomic E-state index is 12.5. The van der Waals surface area contributed by atoms with E-state index in [0.717, 1.165) is 11.4 Å². The fourth-order valence-corrected chi connectivity index (χ4v) is 2.05. The summed E-state index contributed by atoms with van der Waals surface area (Å²) in [6, 6.07) is 13.6. The number of hydrogen-bond donors (Lipinski definition) is 1. The number of amides is 1. The van der Waals surface area contributed by atoms with Crippen molar-refractivity contribution in [3.8, 4) is 0 Å². The normalized spacial score (nSPS) is 10.2. The fourth-order valence-electron chi connectivity index (χ4n) is 2.05. The van der Waals surface area contributed by atoms with Crippen molar-refractivity contribution in [3.05, 3.63) is 59.2 Å². The van der Waals surface area contributed by atoms with Gasteiger partial charge < -0.3 is 10.2 Å². The zero-order valence-corrected chi connectivity index (χ0v) is 12.4. The molecule has 0 bridgehead atoms. The number of benzene rings is 2. The maximum atomic E-state index is 12.5. The van der Waals surface area contributed by atoms with E-state index in [1.54, 1.807) is 11.9 Å². The molecule has 2 aromatic rings. The molecular weight excluding hydrogens is 248 g/mol. The van der Waals surface area contributed by atoms with Crippen molar-refractivity contribution >= 4 is 17.3 Å². The Balaban J connectivity index is 2.29. The summed E-state index contributed by atoms with van der Waals surface area (Å²) >= 11 is 0. The first-order valence-electron chi connectivity index (χ1n) is 6.66. The van der Waals surface area contributed by atoms with Crippen LogP contribution >= 0.6 is 0 Å². The van der Waals surface area contributed by atoms with Gasteiger partial charge in [0.1, 0.15) is 0 Å². The molecule has 20 heavy (non-hydrogen) atoms. The lowest BCUT2D eigenvalue weighted by Gasteiger charge is -2.19.